The van der Waals surface area contributed by atoms with Gasteiger partial charge in [0.05, 0.1) is 0 Å². The van der Waals surface area contributed by atoms with Gasteiger partial charge < -0.3 is 20.9 Å². The average Bonchev–Trinajstić information content (AvgIpc) is 2.84. The lowest BCUT2D eigenvalue weighted by molar-refractivity contribution is 0.470. The van der Waals surface area contributed by atoms with Crippen molar-refractivity contribution in [3.63, 3.8) is 0 Å². The van der Waals surface area contributed by atoms with Gasteiger partial charge in [-0.25, -0.2) is 0 Å². The molecular weight excluding hydrogens is 645 g/mol. The van der Waals surface area contributed by atoms with Crippen LogP contribution in [0.2, 0.25) is 0 Å². The van der Waals surface area contributed by atoms with E-state index >= 15 is 0 Å². The standard InChI is InChI=1S/C31H28Cl6N2O2/c1-17-13-21(14-18(2)27(17)40-25-9-5-23(38)6-10-25)29(30(32,33)34,31(35,36)37)22-15-19(3)28(20(4)16-22)41-26-11-7-24(39)8-12-26/h5-16H,38-39H2,1-4H3. The Bertz CT molecular complexity index is 1400. The number of anilines is 2. The van der Waals surface area contributed by atoms with E-state index in [1.807, 2.05) is 52.0 Å². The smallest absolute Gasteiger partial charge is 0.208 e. The van der Waals surface area contributed by atoms with E-state index in [4.69, 9.17) is 90.5 Å². The minimum absolute atomic E-state index is 0.489. The first kappa shape index (κ1) is 31.7. The predicted octanol–water partition coefficient (Wildman–Crippen LogP) is 10.7. The SMILES string of the molecule is Cc1cc(C(c2cc(C)c(Oc3ccc(N)cc3)c(C)c2)(C(Cl)(Cl)Cl)C(Cl)(Cl)Cl)cc(C)c1Oc1ccc(N)cc1. The predicted molar refractivity (Wildman–Crippen MR) is 175 cm³/mol. The molecule has 0 spiro atoms. The van der Waals surface area contributed by atoms with Gasteiger partial charge in [0, 0.05) is 11.4 Å². The lowest BCUT2D eigenvalue weighted by Crippen LogP contribution is -2.51. The number of aryl methyl sites for hydroxylation is 4. The van der Waals surface area contributed by atoms with Crippen molar-refractivity contribution >= 4 is 81.0 Å². The molecule has 0 saturated heterocycles. The van der Waals surface area contributed by atoms with Crippen LogP contribution in [0, 0.1) is 27.7 Å². The summed E-state index contributed by atoms with van der Waals surface area (Å²) in [5.74, 6) is 2.49. The Kier molecular flexibility index (Phi) is 9.16. The second-order valence-electron chi connectivity index (χ2n) is 9.97. The quantitative estimate of drug-likeness (QED) is 0.158. The Labute approximate surface area is 270 Å². The van der Waals surface area contributed by atoms with E-state index in [2.05, 4.69) is 0 Å². The molecule has 0 aliphatic rings. The number of hydrogen-bond acceptors (Lipinski definition) is 4. The van der Waals surface area contributed by atoms with Crippen molar-refractivity contribution in [2.75, 3.05) is 11.5 Å². The van der Waals surface area contributed by atoms with E-state index in [0.29, 0.717) is 45.5 Å². The second-order valence-corrected chi connectivity index (χ2v) is 14.5. The van der Waals surface area contributed by atoms with Gasteiger partial charge in [-0.3, -0.25) is 0 Å². The number of rotatable bonds is 6. The number of nitrogens with two attached hydrogens (primary N) is 2. The van der Waals surface area contributed by atoms with Crippen LogP contribution in [0.3, 0.4) is 0 Å². The molecular formula is C31H28Cl6N2O2. The highest BCUT2D eigenvalue weighted by molar-refractivity contribution is 6.74. The van der Waals surface area contributed by atoms with E-state index in [-0.39, 0.29) is 0 Å². The fraction of sp³-hybridized carbons (Fsp3) is 0.226. The summed E-state index contributed by atoms with van der Waals surface area (Å²) in [6.45, 7) is 7.52. The fourth-order valence-electron chi connectivity index (χ4n) is 4.95. The van der Waals surface area contributed by atoms with Crippen molar-refractivity contribution in [2.24, 2.45) is 0 Å². The summed E-state index contributed by atoms with van der Waals surface area (Å²) in [5, 5.41) is 0. The third-order valence-electron chi connectivity index (χ3n) is 6.84. The van der Waals surface area contributed by atoms with Crippen LogP contribution in [0.4, 0.5) is 11.4 Å². The molecule has 10 heteroatoms. The first-order valence-corrected chi connectivity index (χ1v) is 14.7. The summed E-state index contributed by atoms with van der Waals surface area (Å²) in [6.07, 6.45) is 0. The van der Waals surface area contributed by atoms with Crippen molar-refractivity contribution < 1.29 is 9.47 Å². The van der Waals surface area contributed by atoms with Gasteiger partial charge in [0.1, 0.15) is 28.4 Å². The van der Waals surface area contributed by atoms with Gasteiger partial charge in [-0.05, 0) is 110 Å². The number of alkyl halides is 6. The molecule has 0 heterocycles. The Balaban J connectivity index is 1.89. The summed E-state index contributed by atoms with van der Waals surface area (Å²) in [5.41, 5.74) is 15.1. The first-order chi connectivity index (χ1) is 19.0. The van der Waals surface area contributed by atoms with E-state index in [1.54, 1.807) is 48.5 Å². The molecule has 0 fully saturated rings. The number of ether oxygens (including phenoxy) is 2. The Morgan fingerprint density at radius 1 is 0.488 bits per heavy atom. The number of hydrogen-bond donors (Lipinski definition) is 2. The Morgan fingerprint density at radius 2 is 0.756 bits per heavy atom. The average molecular weight is 673 g/mol. The molecule has 4 rings (SSSR count). The summed E-state index contributed by atoms with van der Waals surface area (Å²) in [4.78, 5) is 0. The van der Waals surface area contributed by atoms with Crippen LogP contribution in [-0.4, -0.2) is 7.59 Å². The molecule has 0 saturated carbocycles. The van der Waals surface area contributed by atoms with Crippen molar-refractivity contribution in [2.45, 2.75) is 40.7 Å². The molecule has 4 nitrogen and oxygen atoms in total. The van der Waals surface area contributed by atoms with Crippen LogP contribution >= 0.6 is 69.6 Å². The zero-order chi connectivity index (χ0) is 30.3. The minimum atomic E-state index is -2.10. The molecule has 0 aliphatic heterocycles. The van der Waals surface area contributed by atoms with E-state index in [0.717, 1.165) is 22.3 Å². The molecule has 216 valence electrons. The summed E-state index contributed by atoms with van der Waals surface area (Å²) < 4.78 is 8.15. The number of nitrogen functional groups attached to an aromatic ring is 2. The van der Waals surface area contributed by atoms with Gasteiger partial charge in [0.15, 0.2) is 0 Å². The highest BCUT2D eigenvalue weighted by atomic mass is 35.6. The van der Waals surface area contributed by atoms with Gasteiger partial charge in [-0.15, -0.1) is 0 Å². The maximum Gasteiger partial charge on any atom is 0.208 e. The molecule has 0 amide bonds. The molecule has 41 heavy (non-hydrogen) atoms. The van der Waals surface area contributed by atoms with Crippen LogP contribution in [0.15, 0.2) is 72.8 Å². The molecule has 4 aromatic carbocycles. The van der Waals surface area contributed by atoms with Gasteiger partial charge in [-0.1, -0.05) is 93.9 Å². The van der Waals surface area contributed by atoms with E-state index in [9.17, 15) is 0 Å². The van der Waals surface area contributed by atoms with Crippen LogP contribution < -0.4 is 20.9 Å². The first-order valence-electron chi connectivity index (χ1n) is 12.5. The Morgan fingerprint density at radius 3 is 1.00 bits per heavy atom. The summed E-state index contributed by atoms with van der Waals surface area (Å²) in [7, 11) is 0. The molecule has 0 radical (unpaired) electrons. The molecule has 0 bridgehead atoms. The van der Waals surface area contributed by atoms with Crippen LogP contribution in [0.5, 0.6) is 23.0 Å². The molecule has 0 unspecified atom stereocenters. The summed E-state index contributed by atoms with van der Waals surface area (Å²) >= 11 is 40.7. The highest BCUT2D eigenvalue weighted by Gasteiger charge is 2.63. The lowest BCUT2D eigenvalue weighted by atomic mass is 9.74. The van der Waals surface area contributed by atoms with Crippen molar-refractivity contribution in [3.05, 3.63) is 106 Å². The van der Waals surface area contributed by atoms with E-state index in [1.165, 1.54) is 0 Å². The van der Waals surface area contributed by atoms with Gasteiger partial charge in [-0.2, -0.15) is 0 Å². The topological polar surface area (TPSA) is 70.5 Å². The monoisotopic (exact) mass is 670 g/mol. The molecule has 4 aromatic rings. The van der Waals surface area contributed by atoms with Crippen molar-refractivity contribution in [3.8, 4) is 23.0 Å². The Hall–Kier alpha value is -2.18. The fourth-order valence-corrected chi connectivity index (χ4v) is 7.54. The van der Waals surface area contributed by atoms with Crippen LogP contribution in [0.25, 0.3) is 0 Å². The highest BCUT2D eigenvalue weighted by Crippen LogP contribution is 2.63. The summed E-state index contributed by atoms with van der Waals surface area (Å²) in [6, 6.07) is 21.4. The van der Waals surface area contributed by atoms with Crippen LogP contribution in [-0.2, 0) is 5.41 Å². The maximum atomic E-state index is 6.78. The molecule has 4 N–H and O–H groups in total. The third-order valence-corrected chi connectivity index (χ3v) is 8.54. The second kappa shape index (κ2) is 11.8. The van der Waals surface area contributed by atoms with Crippen molar-refractivity contribution in [1.82, 2.24) is 0 Å². The zero-order valence-corrected chi connectivity index (χ0v) is 27.2. The largest absolute Gasteiger partial charge is 0.457 e. The number of benzene rings is 4. The van der Waals surface area contributed by atoms with E-state index < -0.39 is 13.0 Å². The van der Waals surface area contributed by atoms with Gasteiger partial charge in [0.25, 0.3) is 0 Å². The minimum Gasteiger partial charge on any atom is -0.457 e. The normalized spacial score (nSPS) is 12.3. The van der Waals surface area contributed by atoms with Crippen LogP contribution in [0.1, 0.15) is 33.4 Å². The van der Waals surface area contributed by atoms with Crippen molar-refractivity contribution in [1.29, 1.82) is 0 Å². The zero-order valence-electron chi connectivity index (χ0n) is 22.7. The number of halogens is 6. The molecule has 0 atom stereocenters. The maximum absolute atomic E-state index is 6.78. The van der Waals surface area contributed by atoms with Gasteiger partial charge >= 0.3 is 0 Å². The van der Waals surface area contributed by atoms with Gasteiger partial charge in [0.2, 0.25) is 7.59 Å². The molecule has 0 aromatic heterocycles. The molecule has 0 aliphatic carbocycles. The third kappa shape index (κ3) is 6.29. The lowest BCUT2D eigenvalue weighted by Gasteiger charge is -2.46.